The van der Waals surface area contributed by atoms with Crippen molar-refractivity contribution in [2.45, 2.75) is 0 Å². The van der Waals surface area contributed by atoms with Gasteiger partial charge in [-0.25, -0.2) is 9.61 Å². The van der Waals surface area contributed by atoms with Gasteiger partial charge in [-0.05, 0) is 0 Å². The fraction of sp³-hybridized carbons (Fsp3) is 0. The van der Waals surface area contributed by atoms with E-state index in [1.54, 1.807) is 0 Å². The van der Waals surface area contributed by atoms with E-state index in [1.165, 1.54) is 0 Å². The third-order valence-electron chi connectivity index (χ3n) is 0.182. The summed E-state index contributed by atoms with van der Waals surface area (Å²) in [6, 6.07) is 0. The van der Waals surface area contributed by atoms with E-state index >= 15 is 0 Å². The molecule has 9 heteroatoms. The largest absolute Gasteiger partial charge is 0.691 e. The van der Waals surface area contributed by atoms with Gasteiger partial charge in [-0.3, -0.25) is 0 Å². The zero-order valence-electron chi connectivity index (χ0n) is 4.84. The Morgan fingerprint density at radius 1 is 0.889 bits per heavy atom. The maximum atomic E-state index is 7.72. The SMILES string of the molecule is O.O.O.O.OB1OO1.[Na]. The minimum atomic E-state index is -0.917. The molecule has 1 radical (unpaired) electrons. The van der Waals surface area contributed by atoms with Crippen molar-refractivity contribution in [2.24, 2.45) is 0 Å². The summed E-state index contributed by atoms with van der Waals surface area (Å²) in [5.74, 6) is 0. The first-order valence-corrected chi connectivity index (χ1v) is 0.896. The van der Waals surface area contributed by atoms with E-state index < -0.39 is 7.32 Å². The maximum absolute atomic E-state index is 7.72. The second kappa shape index (κ2) is 15.9. The molecule has 1 aliphatic heterocycles. The van der Waals surface area contributed by atoms with Gasteiger partial charge in [0.2, 0.25) is 0 Å². The van der Waals surface area contributed by atoms with Gasteiger partial charge in [-0.15, -0.1) is 0 Å². The van der Waals surface area contributed by atoms with E-state index in [0.29, 0.717) is 0 Å². The van der Waals surface area contributed by atoms with Crippen LogP contribution in [-0.2, 0) is 9.61 Å². The first-order valence-electron chi connectivity index (χ1n) is 0.896. The second-order valence-electron chi connectivity index (χ2n) is 0.499. The average Bonchev–Trinajstić information content (AvgIpc) is 1.75. The second-order valence-corrected chi connectivity index (χ2v) is 0.499. The Morgan fingerprint density at radius 2 is 1.00 bits per heavy atom. The predicted molar refractivity (Wildman–Crippen MR) is 30.4 cm³/mol. The summed E-state index contributed by atoms with van der Waals surface area (Å²) in [6.07, 6.45) is 0. The smallest absolute Gasteiger partial charge is 0.412 e. The number of hydrogen-bond donors (Lipinski definition) is 1. The van der Waals surface area contributed by atoms with Gasteiger partial charge in [-0.2, -0.15) is 0 Å². The molecule has 9 N–H and O–H groups in total. The van der Waals surface area contributed by atoms with Crippen LogP contribution < -0.4 is 0 Å². The molecular formula is H9BNaO7. The fourth-order valence-corrected chi connectivity index (χ4v) is 0.0248. The van der Waals surface area contributed by atoms with Crippen LogP contribution in [0.3, 0.4) is 0 Å². The summed E-state index contributed by atoms with van der Waals surface area (Å²) in [6.45, 7) is 0. The third kappa shape index (κ3) is 28.2. The Bertz CT molecular complexity index is 28.1. The van der Waals surface area contributed by atoms with Crippen LogP contribution in [0.4, 0.5) is 0 Å². The van der Waals surface area contributed by atoms with Crippen LogP contribution in [0, 0.1) is 0 Å². The first kappa shape index (κ1) is 33.0. The minimum Gasteiger partial charge on any atom is -0.412 e. The van der Waals surface area contributed by atoms with E-state index in [-0.39, 0.29) is 51.5 Å². The summed E-state index contributed by atoms with van der Waals surface area (Å²) >= 11 is 0. The molecule has 0 atom stereocenters. The standard InChI is InChI=1S/BHO3.Na.4H2O/c2-1-3-4-1;;;;;/h2H;;4*1H2. The monoisotopic (exact) mass is 155 g/mol. The summed E-state index contributed by atoms with van der Waals surface area (Å²) in [4.78, 5) is 7.53. The van der Waals surface area contributed by atoms with Crippen LogP contribution in [0.1, 0.15) is 0 Å². The number of rotatable bonds is 0. The summed E-state index contributed by atoms with van der Waals surface area (Å²) in [7, 11) is -0.917. The van der Waals surface area contributed by atoms with Crippen molar-refractivity contribution in [3.05, 3.63) is 0 Å². The van der Waals surface area contributed by atoms with Crippen molar-refractivity contribution in [1.82, 2.24) is 0 Å². The molecule has 0 aliphatic carbocycles. The molecule has 1 heterocycles. The minimum absolute atomic E-state index is 0. The van der Waals surface area contributed by atoms with Crippen LogP contribution >= 0.6 is 0 Å². The van der Waals surface area contributed by atoms with Gasteiger partial charge in [0.25, 0.3) is 0 Å². The summed E-state index contributed by atoms with van der Waals surface area (Å²) < 4.78 is 0. The Morgan fingerprint density at radius 3 is 1.00 bits per heavy atom. The summed E-state index contributed by atoms with van der Waals surface area (Å²) in [5.41, 5.74) is 0. The molecular weight excluding hydrogens is 146 g/mol. The fourth-order valence-electron chi connectivity index (χ4n) is 0.0248. The van der Waals surface area contributed by atoms with Gasteiger partial charge in [0.15, 0.2) is 0 Å². The van der Waals surface area contributed by atoms with Crippen LogP contribution in [0.5, 0.6) is 0 Å². The summed E-state index contributed by atoms with van der Waals surface area (Å²) in [5, 5.41) is 7.72. The molecule has 7 nitrogen and oxygen atoms in total. The van der Waals surface area contributed by atoms with E-state index in [2.05, 4.69) is 9.61 Å². The first-order chi connectivity index (χ1) is 1.89. The topological polar surface area (TPSA) is 171 Å². The molecule has 1 aliphatic rings. The van der Waals surface area contributed by atoms with Gasteiger partial charge in [0.1, 0.15) is 0 Å². The van der Waals surface area contributed by atoms with Crippen molar-refractivity contribution >= 4 is 36.9 Å². The molecule has 0 aromatic carbocycles. The zero-order chi connectivity index (χ0) is 2.99. The van der Waals surface area contributed by atoms with Crippen molar-refractivity contribution in [3.8, 4) is 0 Å². The third-order valence-corrected chi connectivity index (χ3v) is 0.182. The maximum Gasteiger partial charge on any atom is 0.691 e. The normalized spacial score (nSPS) is 9.67. The zero-order valence-corrected chi connectivity index (χ0v) is 6.84. The molecule has 55 valence electrons. The van der Waals surface area contributed by atoms with E-state index in [4.69, 9.17) is 5.02 Å². The van der Waals surface area contributed by atoms with E-state index in [9.17, 15) is 0 Å². The van der Waals surface area contributed by atoms with Gasteiger partial charge in [-0.1, -0.05) is 0 Å². The molecule has 0 aromatic heterocycles. The molecule has 1 saturated heterocycles. The van der Waals surface area contributed by atoms with Crippen LogP contribution in [0.25, 0.3) is 0 Å². The van der Waals surface area contributed by atoms with E-state index in [1.807, 2.05) is 0 Å². The quantitative estimate of drug-likeness (QED) is 0.210. The Balaban J connectivity index is -0.0000000107. The van der Waals surface area contributed by atoms with Gasteiger partial charge in [0, 0.05) is 29.6 Å². The van der Waals surface area contributed by atoms with Crippen molar-refractivity contribution in [2.75, 3.05) is 0 Å². The van der Waals surface area contributed by atoms with Crippen LogP contribution in [0.2, 0.25) is 0 Å². The molecule has 0 aromatic rings. The van der Waals surface area contributed by atoms with Gasteiger partial charge < -0.3 is 26.9 Å². The van der Waals surface area contributed by atoms with Crippen LogP contribution in [-0.4, -0.2) is 63.8 Å². The number of hydrogen-bond acceptors (Lipinski definition) is 3. The molecule has 0 saturated carbocycles. The molecule has 0 amide bonds. The molecule has 1 fully saturated rings. The van der Waals surface area contributed by atoms with Gasteiger partial charge >= 0.3 is 7.32 Å². The Kier molecular flexibility index (Phi) is 58.3. The Hall–Kier alpha value is 0.785. The molecule has 0 unspecified atom stereocenters. The molecule has 9 heavy (non-hydrogen) atoms. The van der Waals surface area contributed by atoms with Crippen LogP contribution in [0.15, 0.2) is 0 Å². The average molecular weight is 155 g/mol. The van der Waals surface area contributed by atoms with Crippen molar-refractivity contribution < 1.29 is 36.5 Å². The van der Waals surface area contributed by atoms with Crippen molar-refractivity contribution in [1.29, 1.82) is 0 Å². The molecule has 1 rings (SSSR count). The molecule has 0 bridgehead atoms. The van der Waals surface area contributed by atoms with E-state index in [0.717, 1.165) is 0 Å². The predicted octanol–water partition coefficient (Wildman–Crippen LogP) is -4.75. The Labute approximate surface area is 73.6 Å². The molecule has 0 spiro atoms. The van der Waals surface area contributed by atoms with Gasteiger partial charge in [0.05, 0.1) is 0 Å². The van der Waals surface area contributed by atoms with Crippen molar-refractivity contribution in [3.63, 3.8) is 0 Å².